The third kappa shape index (κ3) is 4.46. The van der Waals surface area contributed by atoms with Crippen LogP contribution >= 0.6 is 11.6 Å². The molecule has 21 heavy (non-hydrogen) atoms. The third-order valence-electron chi connectivity index (χ3n) is 3.86. The van der Waals surface area contributed by atoms with E-state index in [0.29, 0.717) is 24.0 Å². The van der Waals surface area contributed by atoms with Gasteiger partial charge in [0.25, 0.3) is 0 Å². The maximum Gasteiger partial charge on any atom is 0.239 e. The Morgan fingerprint density at radius 2 is 1.95 bits per heavy atom. The van der Waals surface area contributed by atoms with Crippen molar-refractivity contribution < 1.29 is 9.59 Å². The number of carbonyl (C=O) groups is 2. The molecule has 0 aliphatic heterocycles. The molecule has 1 N–H and O–H groups in total. The first kappa shape index (κ1) is 15.8. The van der Waals surface area contributed by atoms with E-state index in [1.54, 1.807) is 17.0 Å². The third-order valence-corrected chi connectivity index (χ3v) is 4.11. The number of hydrogen-bond acceptors (Lipinski definition) is 2. The summed E-state index contributed by atoms with van der Waals surface area (Å²) in [5, 5.41) is 3.51. The van der Waals surface area contributed by atoms with Gasteiger partial charge in [0.1, 0.15) is 0 Å². The number of rotatable bonds is 6. The summed E-state index contributed by atoms with van der Waals surface area (Å²) in [5.74, 6) is 0.554. The summed E-state index contributed by atoms with van der Waals surface area (Å²) in [6.45, 7) is 5.11. The Kier molecular flexibility index (Phi) is 5.23. The summed E-state index contributed by atoms with van der Waals surface area (Å²) < 4.78 is 0. The molecule has 0 heterocycles. The highest BCUT2D eigenvalue weighted by atomic mass is 35.5. The van der Waals surface area contributed by atoms with E-state index in [-0.39, 0.29) is 24.3 Å². The molecule has 0 spiro atoms. The van der Waals surface area contributed by atoms with Crippen LogP contribution < -0.4 is 5.32 Å². The van der Waals surface area contributed by atoms with Gasteiger partial charge in [-0.2, -0.15) is 0 Å². The molecule has 0 radical (unpaired) electrons. The summed E-state index contributed by atoms with van der Waals surface area (Å²) in [7, 11) is 0. The number of halogens is 1. The smallest absolute Gasteiger partial charge is 0.239 e. The highest BCUT2D eigenvalue weighted by Crippen LogP contribution is 2.39. The van der Waals surface area contributed by atoms with Crippen LogP contribution in [0.25, 0.3) is 0 Å². The molecule has 1 aromatic carbocycles. The quantitative estimate of drug-likeness (QED) is 0.877. The number of hydrogen-bond donors (Lipinski definition) is 1. The van der Waals surface area contributed by atoms with E-state index in [2.05, 4.69) is 12.2 Å². The summed E-state index contributed by atoms with van der Waals surface area (Å²) in [4.78, 5) is 25.7. The highest BCUT2D eigenvalue weighted by Gasteiger charge is 2.41. The summed E-state index contributed by atoms with van der Waals surface area (Å²) >= 11 is 5.81. The molecule has 1 saturated carbocycles. The number of likely N-dealkylation sites (N-methyl/N-ethyl adjacent to an activating group) is 1. The van der Waals surface area contributed by atoms with Crippen LogP contribution in [-0.2, 0) is 16.1 Å². The fourth-order valence-corrected chi connectivity index (χ4v) is 2.40. The zero-order valence-corrected chi connectivity index (χ0v) is 13.2. The van der Waals surface area contributed by atoms with Crippen molar-refractivity contribution in [1.82, 2.24) is 10.2 Å². The monoisotopic (exact) mass is 308 g/mol. The van der Waals surface area contributed by atoms with Gasteiger partial charge in [0.15, 0.2) is 0 Å². The van der Waals surface area contributed by atoms with Crippen LogP contribution in [0.3, 0.4) is 0 Å². The molecule has 2 rings (SSSR count). The lowest BCUT2D eigenvalue weighted by Gasteiger charge is -2.20. The number of benzene rings is 1. The zero-order valence-electron chi connectivity index (χ0n) is 12.4. The second-order valence-electron chi connectivity index (χ2n) is 5.58. The van der Waals surface area contributed by atoms with Gasteiger partial charge in [0, 0.05) is 24.0 Å². The minimum Gasteiger partial charge on any atom is -0.350 e. The van der Waals surface area contributed by atoms with Gasteiger partial charge in [-0.15, -0.1) is 0 Å². The minimum absolute atomic E-state index is 0.103. The molecule has 2 amide bonds. The van der Waals surface area contributed by atoms with Crippen LogP contribution in [0.2, 0.25) is 5.02 Å². The first-order chi connectivity index (χ1) is 10.0. The van der Waals surface area contributed by atoms with Crippen LogP contribution in [0.5, 0.6) is 0 Å². The van der Waals surface area contributed by atoms with Crippen molar-refractivity contribution in [3.8, 4) is 0 Å². The van der Waals surface area contributed by atoms with Gasteiger partial charge in [-0.3, -0.25) is 9.59 Å². The number of nitrogens with one attached hydrogen (secondary N) is 1. The van der Waals surface area contributed by atoms with Crippen LogP contribution in [0.15, 0.2) is 24.3 Å². The van der Waals surface area contributed by atoms with E-state index in [9.17, 15) is 9.59 Å². The second kappa shape index (κ2) is 6.94. The van der Waals surface area contributed by atoms with E-state index in [0.717, 1.165) is 12.0 Å². The highest BCUT2D eigenvalue weighted by molar-refractivity contribution is 6.30. The first-order valence-electron chi connectivity index (χ1n) is 7.31. The average Bonchev–Trinajstić information content (AvgIpc) is 3.20. The maximum atomic E-state index is 12.1. The average molecular weight is 309 g/mol. The van der Waals surface area contributed by atoms with Gasteiger partial charge < -0.3 is 10.2 Å². The second-order valence-corrected chi connectivity index (χ2v) is 6.01. The lowest BCUT2D eigenvalue weighted by atomic mass is 10.2. The number of carbonyl (C=O) groups excluding carboxylic acids is 2. The molecular weight excluding hydrogens is 288 g/mol. The Balaban J connectivity index is 1.80. The number of amides is 2. The summed E-state index contributed by atoms with van der Waals surface area (Å²) in [5.41, 5.74) is 0.984. The largest absolute Gasteiger partial charge is 0.350 e. The fraction of sp³-hybridized carbons (Fsp3) is 0.500. The molecule has 1 aliphatic rings. The Labute approximate surface area is 130 Å². The van der Waals surface area contributed by atoms with E-state index >= 15 is 0 Å². The van der Waals surface area contributed by atoms with Crippen LogP contribution in [0.4, 0.5) is 0 Å². The van der Waals surface area contributed by atoms with Crippen molar-refractivity contribution in [1.29, 1.82) is 0 Å². The molecular formula is C16H21ClN2O2. The molecule has 4 nitrogen and oxygen atoms in total. The van der Waals surface area contributed by atoms with Gasteiger partial charge in [-0.25, -0.2) is 0 Å². The van der Waals surface area contributed by atoms with Crippen LogP contribution in [-0.4, -0.2) is 29.8 Å². The summed E-state index contributed by atoms with van der Waals surface area (Å²) in [6.07, 6.45) is 0.946. The minimum atomic E-state index is -0.131. The van der Waals surface area contributed by atoms with Gasteiger partial charge in [0.05, 0.1) is 6.54 Å². The molecule has 5 heteroatoms. The molecule has 2 unspecified atom stereocenters. The molecule has 0 aromatic heterocycles. The van der Waals surface area contributed by atoms with E-state index in [4.69, 9.17) is 11.6 Å². The van der Waals surface area contributed by atoms with Crippen molar-refractivity contribution in [2.45, 2.75) is 26.8 Å². The van der Waals surface area contributed by atoms with E-state index in [1.807, 2.05) is 19.1 Å². The predicted octanol–water partition coefficient (Wildman–Crippen LogP) is 2.46. The SMILES string of the molecule is CCN(CC(=O)NCc1ccc(Cl)cc1)C(=O)C1CC1C. The van der Waals surface area contributed by atoms with Crippen LogP contribution in [0.1, 0.15) is 25.8 Å². The van der Waals surface area contributed by atoms with Crippen molar-refractivity contribution in [3.63, 3.8) is 0 Å². The van der Waals surface area contributed by atoms with Crippen LogP contribution in [0, 0.1) is 11.8 Å². The lowest BCUT2D eigenvalue weighted by Crippen LogP contribution is -2.41. The Bertz CT molecular complexity index is 516. The van der Waals surface area contributed by atoms with E-state index in [1.165, 1.54) is 0 Å². The molecule has 1 fully saturated rings. The fourth-order valence-electron chi connectivity index (χ4n) is 2.28. The Hall–Kier alpha value is -1.55. The van der Waals surface area contributed by atoms with Crippen molar-refractivity contribution in [2.75, 3.05) is 13.1 Å². The number of nitrogens with zero attached hydrogens (tertiary/aromatic N) is 1. The van der Waals surface area contributed by atoms with Gasteiger partial charge in [-0.05, 0) is 37.0 Å². The Morgan fingerprint density at radius 1 is 1.33 bits per heavy atom. The molecule has 114 valence electrons. The molecule has 2 atom stereocenters. The van der Waals surface area contributed by atoms with Gasteiger partial charge >= 0.3 is 0 Å². The normalized spacial score (nSPS) is 20.0. The van der Waals surface area contributed by atoms with Crippen molar-refractivity contribution in [2.24, 2.45) is 11.8 Å². The van der Waals surface area contributed by atoms with Gasteiger partial charge in [-0.1, -0.05) is 30.7 Å². The van der Waals surface area contributed by atoms with Gasteiger partial charge in [0.2, 0.25) is 11.8 Å². The molecule has 1 aliphatic carbocycles. The lowest BCUT2D eigenvalue weighted by molar-refractivity contribution is -0.137. The predicted molar refractivity (Wildman–Crippen MR) is 82.8 cm³/mol. The maximum absolute atomic E-state index is 12.1. The standard InChI is InChI=1S/C16H21ClN2O2/c1-3-19(16(21)14-8-11(14)2)10-15(20)18-9-12-4-6-13(17)7-5-12/h4-7,11,14H,3,8-10H2,1-2H3,(H,18,20). The molecule has 0 saturated heterocycles. The summed E-state index contributed by atoms with van der Waals surface area (Å²) in [6, 6.07) is 7.33. The van der Waals surface area contributed by atoms with Crippen molar-refractivity contribution in [3.05, 3.63) is 34.9 Å². The Morgan fingerprint density at radius 3 is 2.48 bits per heavy atom. The topological polar surface area (TPSA) is 49.4 Å². The molecule has 1 aromatic rings. The molecule has 0 bridgehead atoms. The van der Waals surface area contributed by atoms with Crippen molar-refractivity contribution >= 4 is 23.4 Å². The van der Waals surface area contributed by atoms with E-state index < -0.39 is 0 Å². The first-order valence-corrected chi connectivity index (χ1v) is 7.69. The zero-order chi connectivity index (χ0) is 15.4.